The maximum Gasteiger partial charge on any atom is 0.0709 e. The van der Waals surface area contributed by atoms with Crippen molar-refractivity contribution in [2.45, 2.75) is 91.5 Å². The van der Waals surface area contributed by atoms with E-state index in [1.807, 2.05) is 0 Å². The summed E-state index contributed by atoms with van der Waals surface area (Å²) in [5.74, 6) is 1.21. The number of hydrogen-bond donors (Lipinski definition) is 1. The van der Waals surface area contributed by atoms with Crippen LogP contribution in [0.3, 0.4) is 0 Å². The molecule has 2 nitrogen and oxygen atoms in total. The van der Waals surface area contributed by atoms with Crippen LogP contribution in [-0.2, 0) is 4.74 Å². The fourth-order valence-corrected chi connectivity index (χ4v) is 4.18. The average molecular weight is 270 g/mol. The average Bonchev–Trinajstić information content (AvgIpc) is 2.31. The minimum absolute atomic E-state index is 0.129. The molecule has 1 heterocycles. The molecule has 0 aromatic carbocycles. The summed E-state index contributed by atoms with van der Waals surface area (Å²) < 4.78 is 6.20. The molecule has 1 fully saturated rings. The zero-order valence-corrected chi connectivity index (χ0v) is 14.2. The number of ether oxygens (including phenoxy) is 1. The molecule has 0 bridgehead atoms. The van der Waals surface area contributed by atoms with Gasteiger partial charge in [0, 0.05) is 5.92 Å². The van der Waals surface area contributed by atoms with Crippen molar-refractivity contribution in [2.75, 3.05) is 0 Å². The van der Waals surface area contributed by atoms with E-state index in [2.05, 4.69) is 55.4 Å². The molecule has 19 heavy (non-hydrogen) atoms. The molecular formula is C17H34O2. The highest BCUT2D eigenvalue weighted by molar-refractivity contribution is 5.04. The summed E-state index contributed by atoms with van der Waals surface area (Å²) in [7, 11) is 0. The molecule has 1 aliphatic heterocycles. The lowest BCUT2D eigenvalue weighted by molar-refractivity contribution is -0.125. The van der Waals surface area contributed by atoms with Gasteiger partial charge in [-0.05, 0) is 58.8 Å². The summed E-state index contributed by atoms with van der Waals surface area (Å²) in [4.78, 5) is 0. The summed E-state index contributed by atoms with van der Waals surface area (Å²) in [5, 5.41) is 11.3. The van der Waals surface area contributed by atoms with Crippen LogP contribution in [0.4, 0.5) is 0 Å². The first kappa shape index (κ1) is 17.0. The molecule has 2 heteroatoms. The van der Waals surface area contributed by atoms with E-state index in [1.54, 1.807) is 0 Å². The molecule has 0 radical (unpaired) electrons. The van der Waals surface area contributed by atoms with E-state index < -0.39 is 5.60 Å². The van der Waals surface area contributed by atoms with Crippen molar-refractivity contribution in [3.63, 3.8) is 0 Å². The first-order valence-electron chi connectivity index (χ1n) is 7.80. The molecule has 0 saturated carbocycles. The molecule has 1 N–H and O–H groups in total. The van der Waals surface area contributed by atoms with Crippen LogP contribution in [0.5, 0.6) is 0 Å². The van der Waals surface area contributed by atoms with Crippen LogP contribution in [0.15, 0.2) is 0 Å². The van der Waals surface area contributed by atoms with Crippen LogP contribution in [0.25, 0.3) is 0 Å². The van der Waals surface area contributed by atoms with Gasteiger partial charge in [0.2, 0.25) is 0 Å². The van der Waals surface area contributed by atoms with Gasteiger partial charge < -0.3 is 9.84 Å². The van der Waals surface area contributed by atoms with Gasteiger partial charge in [0.15, 0.2) is 0 Å². The molecule has 1 atom stereocenters. The molecule has 1 aliphatic rings. The fourth-order valence-electron chi connectivity index (χ4n) is 4.18. The Hall–Kier alpha value is -0.0800. The zero-order chi connectivity index (χ0) is 15.1. The van der Waals surface area contributed by atoms with Gasteiger partial charge in [-0.3, -0.25) is 0 Å². The third-order valence-electron chi connectivity index (χ3n) is 4.25. The summed E-state index contributed by atoms with van der Waals surface area (Å²) in [6.45, 7) is 17.3. The lowest BCUT2D eigenvalue weighted by Gasteiger charge is -2.42. The van der Waals surface area contributed by atoms with E-state index in [1.165, 1.54) is 0 Å². The summed E-state index contributed by atoms with van der Waals surface area (Å²) in [5.41, 5.74) is -0.988. The second-order valence-electron chi connectivity index (χ2n) is 8.52. The van der Waals surface area contributed by atoms with Crippen molar-refractivity contribution in [1.82, 2.24) is 0 Å². The van der Waals surface area contributed by atoms with Gasteiger partial charge in [0.1, 0.15) is 0 Å². The van der Waals surface area contributed by atoms with Gasteiger partial charge in [-0.15, -0.1) is 0 Å². The van der Waals surface area contributed by atoms with Crippen molar-refractivity contribution in [3.05, 3.63) is 0 Å². The highest BCUT2D eigenvalue weighted by Crippen LogP contribution is 2.50. The molecular weight excluding hydrogens is 236 g/mol. The molecule has 1 saturated heterocycles. The number of aliphatic hydroxyl groups is 1. The van der Waals surface area contributed by atoms with Crippen LogP contribution in [-0.4, -0.2) is 21.9 Å². The SMILES string of the molecule is CC(C)CC(O)(CC(C)C)C1CC(C)(C)OC1(C)C. The summed E-state index contributed by atoms with van der Waals surface area (Å²) >= 11 is 0. The Labute approximate surface area is 119 Å². The Morgan fingerprint density at radius 3 is 1.74 bits per heavy atom. The van der Waals surface area contributed by atoms with Crippen molar-refractivity contribution < 1.29 is 9.84 Å². The van der Waals surface area contributed by atoms with E-state index in [0.29, 0.717) is 11.8 Å². The Bertz CT molecular complexity index is 292. The van der Waals surface area contributed by atoms with Gasteiger partial charge in [0.25, 0.3) is 0 Å². The smallest absolute Gasteiger partial charge is 0.0709 e. The Balaban J connectivity index is 3.04. The minimum Gasteiger partial charge on any atom is -0.389 e. The van der Waals surface area contributed by atoms with Crippen LogP contribution >= 0.6 is 0 Å². The van der Waals surface area contributed by atoms with Crippen molar-refractivity contribution >= 4 is 0 Å². The fraction of sp³-hybridized carbons (Fsp3) is 1.00. The van der Waals surface area contributed by atoms with Gasteiger partial charge in [-0.25, -0.2) is 0 Å². The van der Waals surface area contributed by atoms with Crippen molar-refractivity contribution in [3.8, 4) is 0 Å². The Kier molecular flexibility index (Phi) is 4.79. The second kappa shape index (κ2) is 5.37. The van der Waals surface area contributed by atoms with Crippen LogP contribution < -0.4 is 0 Å². The third kappa shape index (κ3) is 4.19. The van der Waals surface area contributed by atoms with E-state index in [9.17, 15) is 5.11 Å². The predicted molar refractivity (Wildman–Crippen MR) is 81.2 cm³/mol. The first-order chi connectivity index (χ1) is 8.38. The number of hydrogen-bond acceptors (Lipinski definition) is 2. The highest BCUT2D eigenvalue weighted by atomic mass is 16.5. The van der Waals surface area contributed by atoms with Gasteiger partial charge in [-0.1, -0.05) is 27.7 Å². The topological polar surface area (TPSA) is 29.5 Å². The molecule has 0 spiro atoms. The van der Waals surface area contributed by atoms with Gasteiger partial charge >= 0.3 is 0 Å². The quantitative estimate of drug-likeness (QED) is 0.802. The first-order valence-corrected chi connectivity index (χ1v) is 7.80. The van der Waals surface area contributed by atoms with Crippen molar-refractivity contribution in [2.24, 2.45) is 17.8 Å². The molecule has 0 aromatic rings. The van der Waals surface area contributed by atoms with Crippen LogP contribution in [0.1, 0.15) is 74.7 Å². The summed E-state index contributed by atoms with van der Waals surface area (Å²) in [6.07, 6.45) is 2.66. The van der Waals surface area contributed by atoms with E-state index in [-0.39, 0.29) is 17.1 Å². The lowest BCUT2D eigenvalue weighted by Crippen LogP contribution is -2.48. The van der Waals surface area contributed by atoms with E-state index in [4.69, 9.17) is 4.74 Å². The Morgan fingerprint density at radius 2 is 1.47 bits per heavy atom. The van der Waals surface area contributed by atoms with Gasteiger partial charge in [0.05, 0.1) is 16.8 Å². The Morgan fingerprint density at radius 1 is 1.05 bits per heavy atom. The van der Waals surface area contributed by atoms with Crippen LogP contribution in [0.2, 0.25) is 0 Å². The standard InChI is InChI=1S/C17H34O2/c1-12(2)9-17(18,10-13(3)4)14-11-15(5,6)19-16(14,7)8/h12-14,18H,9-11H2,1-8H3. The maximum absolute atomic E-state index is 11.3. The molecule has 0 aliphatic carbocycles. The highest BCUT2D eigenvalue weighted by Gasteiger charge is 2.54. The van der Waals surface area contributed by atoms with Crippen molar-refractivity contribution in [1.29, 1.82) is 0 Å². The summed E-state index contributed by atoms with van der Waals surface area (Å²) in [6, 6.07) is 0. The van der Waals surface area contributed by atoms with Gasteiger partial charge in [-0.2, -0.15) is 0 Å². The number of rotatable bonds is 5. The normalized spacial score (nSPS) is 26.4. The third-order valence-corrected chi connectivity index (χ3v) is 4.25. The lowest BCUT2D eigenvalue weighted by atomic mass is 9.68. The zero-order valence-electron chi connectivity index (χ0n) is 14.2. The molecule has 114 valence electrons. The van der Waals surface area contributed by atoms with E-state index in [0.717, 1.165) is 19.3 Å². The van der Waals surface area contributed by atoms with Crippen LogP contribution in [0, 0.1) is 17.8 Å². The maximum atomic E-state index is 11.3. The second-order valence-corrected chi connectivity index (χ2v) is 8.52. The predicted octanol–water partition coefficient (Wildman–Crippen LogP) is 4.40. The van der Waals surface area contributed by atoms with E-state index >= 15 is 0 Å². The molecule has 1 rings (SSSR count). The molecule has 0 amide bonds. The molecule has 0 aromatic heterocycles. The minimum atomic E-state index is -0.612. The monoisotopic (exact) mass is 270 g/mol. The largest absolute Gasteiger partial charge is 0.389 e. The molecule has 1 unspecified atom stereocenters.